The zero-order valence-electron chi connectivity index (χ0n) is 62.4. The van der Waals surface area contributed by atoms with Crippen LogP contribution in [0.5, 0.6) is 0 Å². The first-order chi connectivity index (χ1) is 51.1. The van der Waals surface area contributed by atoms with Crippen molar-refractivity contribution in [1.29, 1.82) is 0 Å². The van der Waals surface area contributed by atoms with Crippen molar-refractivity contribution in [3.8, 4) is 0 Å². The maximum atomic E-state index is 13.0. The summed E-state index contributed by atoms with van der Waals surface area (Å²) in [5.74, 6) is -2.39. The molecule has 0 aromatic carbocycles. The Morgan fingerprint density at radius 2 is 0.806 bits per heavy atom. The van der Waals surface area contributed by atoms with Gasteiger partial charge in [0.1, 0.15) is 108 Å². The fourth-order valence-electron chi connectivity index (χ4n) is 11.6. The summed E-state index contributed by atoms with van der Waals surface area (Å²) in [7, 11) is 1.75. The lowest BCUT2D eigenvalue weighted by atomic mass is 9.99. The molecule has 4 saturated heterocycles. The lowest BCUT2D eigenvalue weighted by molar-refractivity contribution is -0.293. The van der Waals surface area contributed by atoms with Gasteiger partial charge < -0.3 is 122 Å². The molecule has 4 aliphatic rings. The van der Waals surface area contributed by atoms with E-state index in [1.165, 1.54) is 49.9 Å². The zero-order valence-corrected chi connectivity index (χ0v) is 62.4. The van der Waals surface area contributed by atoms with Crippen LogP contribution in [-0.2, 0) is 84.7 Å². The number of aliphatic hydroxyl groups excluding tert-OH is 12. The summed E-state index contributed by atoms with van der Waals surface area (Å²) >= 11 is 0. The van der Waals surface area contributed by atoms with Crippen LogP contribution in [0.4, 0.5) is 0 Å². The number of hydrogen-bond donors (Lipinski definition) is 18. The Labute approximate surface area is 625 Å². The number of likely N-dealkylation sites (N-methyl/N-ethyl adjacent to an activating group) is 1. The number of carbonyl (C=O) groups excluding carboxylic acids is 9. The van der Waals surface area contributed by atoms with E-state index in [0.717, 1.165) is 22.2 Å². The quantitative estimate of drug-likeness (QED) is 0.0274. The van der Waals surface area contributed by atoms with Crippen molar-refractivity contribution in [3.63, 3.8) is 0 Å². The van der Waals surface area contributed by atoms with Gasteiger partial charge in [-0.25, -0.2) is 9.36 Å². The van der Waals surface area contributed by atoms with Gasteiger partial charge in [0.2, 0.25) is 29.5 Å². The van der Waals surface area contributed by atoms with Crippen molar-refractivity contribution in [2.75, 3.05) is 79.2 Å². The molecule has 0 radical (unpaired) electrons. The zero-order chi connectivity index (χ0) is 80.3. The molecular formula is C67H116N14O27. The molecule has 19 N–H and O–H groups in total. The van der Waals surface area contributed by atoms with Gasteiger partial charge >= 0.3 is 0 Å². The van der Waals surface area contributed by atoms with Crippen LogP contribution in [0.25, 0.3) is 0 Å². The van der Waals surface area contributed by atoms with E-state index in [4.69, 9.17) is 34.2 Å². The summed E-state index contributed by atoms with van der Waals surface area (Å²) in [5.41, 5.74) is 5.68. The van der Waals surface area contributed by atoms with Crippen molar-refractivity contribution in [3.05, 3.63) is 23.8 Å². The summed E-state index contributed by atoms with van der Waals surface area (Å²) in [6.45, 7) is 9.22. The van der Waals surface area contributed by atoms with Crippen LogP contribution in [0.1, 0.15) is 155 Å². The lowest BCUT2D eigenvalue weighted by Gasteiger charge is -2.38. The van der Waals surface area contributed by atoms with Crippen LogP contribution in [0, 0.1) is 0 Å². The summed E-state index contributed by atoms with van der Waals surface area (Å²) in [6.07, 6.45) is -15.5. The molecule has 4 aliphatic heterocycles. The number of aromatic nitrogens is 6. The monoisotopic (exact) mass is 1550 g/mol. The molecule has 0 spiro atoms. The number of unbranched alkanes of at least 4 members (excludes halogenated alkanes) is 5. The molecule has 0 bridgehead atoms. The van der Waals surface area contributed by atoms with E-state index in [2.05, 4.69) is 47.2 Å². The fourth-order valence-corrected chi connectivity index (χ4v) is 11.6. The number of hydrogen-bond acceptors (Lipinski definition) is 34. The largest absolute Gasteiger partial charge is 0.388 e. The maximum Gasteiger partial charge on any atom is 0.234 e. The number of nitrogens with one attached hydrogen (secondary N) is 5. The van der Waals surface area contributed by atoms with Crippen molar-refractivity contribution < 1.29 is 133 Å². The first kappa shape index (κ1) is 93.8. The Kier molecular flexibility index (Phi) is 42.6. The number of primary amides is 1. The van der Waals surface area contributed by atoms with Gasteiger partial charge in [0.15, 0.2) is 25.0 Å². The number of nitrogens with zero attached hydrogens (tertiary/aromatic N) is 8. The molecule has 6 rings (SSSR count). The molecule has 0 aliphatic carbocycles. The number of aliphatic hydroxyl groups is 12. The molecule has 6 heterocycles. The highest BCUT2D eigenvalue weighted by Gasteiger charge is 2.46. The average molecular weight is 1550 g/mol. The number of nitrogens with two attached hydrogens (primary N) is 1. The summed E-state index contributed by atoms with van der Waals surface area (Å²) in [6, 6.07) is 0. The van der Waals surface area contributed by atoms with Crippen LogP contribution >= 0.6 is 0 Å². The Bertz CT molecular complexity index is 2920. The van der Waals surface area contributed by atoms with E-state index < -0.39 is 140 Å². The number of amides is 5. The van der Waals surface area contributed by atoms with E-state index in [9.17, 15) is 104 Å². The van der Waals surface area contributed by atoms with Crippen LogP contribution in [0.2, 0.25) is 0 Å². The van der Waals surface area contributed by atoms with Crippen molar-refractivity contribution in [2.24, 2.45) is 5.73 Å². The van der Waals surface area contributed by atoms with Gasteiger partial charge in [0.05, 0.1) is 109 Å². The molecule has 5 amide bonds. The molecule has 4 fully saturated rings. The highest BCUT2D eigenvalue weighted by atomic mass is 16.7. The fraction of sp³-hybridized carbons (Fsp3) is 0.806. The third-order valence-electron chi connectivity index (χ3n) is 17.7. The number of ketones is 4. The van der Waals surface area contributed by atoms with Gasteiger partial charge in [-0.15, -0.1) is 10.2 Å². The second kappa shape index (κ2) is 49.0. The summed E-state index contributed by atoms with van der Waals surface area (Å²) < 4.78 is 35.1. The summed E-state index contributed by atoms with van der Waals surface area (Å²) in [4.78, 5) is 112. The second-order valence-corrected chi connectivity index (χ2v) is 27.3. The van der Waals surface area contributed by atoms with E-state index in [1.54, 1.807) is 14.0 Å². The first-order valence-electron chi connectivity index (χ1n) is 36.5. The Morgan fingerprint density at radius 3 is 1.19 bits per heavy atom. The molecule has 2 aromatic heterocycles. The second-order valence-electron chi connectivity index (χ2n) is 27.3. The molecule has 616 valence electrons. The third kappa shape index (κ3) is 32.8. The van der Waals surface area contributed by atoms with Crippen LogP contribution in [0.3, 0.4) is 0 Å². The predicted octanol–water partition coefficient (Wildman–Crippen LogP) is -7.22. The van der Waals surface area contributed by atoms with E-state index in [-0.39, 0.29) is 144 Å². The molecular weight excluding hydrogens is 1430 g/mol. The van der Waals surface area contributed by atoms with Gasteiger partial charge in [0.25, 0.3) is 0 Å². The summed E-state index contributed by atoms with van der Waals surface area (Å²) in [5, 5.41) is 150. The minimum absolute atomic E-state index is 0.0186. The van der Waals surface area contributed by atoms with Gasteiger partial charge in [-0.2, -0.15) is 0 Å². The highest BCUT2D eigenvalue weighted by Crippen LogP contribution is 2.30. The highest BCUT2D eigenvalue weighted by molar-refractivity contribution is 5.86. The molecule has 41 nitrogen and oxygen atoms in total. The molecule has 108 heavy (non-hydrogen) atoms. The standard InChI is InChI=1S/C32H53N11O12.C31H54N2O14.C4H9NO/c1-4-33-21(44)8-6-5-7-9-34-22(45)14-41(15-23(46)35-10-19-12-42(39-37-19)31-29(52)27(50)25(48)17(2)54-31)16-24(47)36-11-20-13-43(40-38-20)32-30(53)28(51)26(49)18(3)55-32;1-18-24(38)26(40)28(42)30(46-18)44-13-7-10-21(35)16-33(15-20(34)9-5-3-4-6-12-23(32)37)17-22(36)11-8-14-45-31-29(43)27(41)25(39)19(2)47-31;1-4(6)3-5-2/h12-13,17-18,25-32,48-53H,4-11,14-16H2,1-3H3,(H,33,44)(H,34,45)(H,35,46)(H,36,47);18-19,24-31,38-43H,3-17H2,1-2H3,(H2,32,37);5H,3H2,1-2H3/t17-,18-,25+,26+,27+,28+,29-,30-,31-,32-;18-,19-,24+,25+,26+,27+,28-,29-,30+,31+;/m00./s1. The minimum atomic E-state index is -1.49. The topological polar surface area (TPSA) is 606 Å². The molecule has 0 saturated carbocycles. The maximum absolute atomic E-state index is 13.0. The SMILES string of the molecule is CCNC(=O)CCCCCNC(=O)CN(CC(=O)NCc1cn([C@H]2O[C@@H](C)[C@@H](O)[C@@H](O)[C@@H]2O)nn1)CC(=O)NCc1cn([C@H]2O[C@@H](C)[C@@H](O)[C@@H](O)[C@@H]2O)nn1.CNCC(C)=O.C[C@@H]1O[C@@H](OCCCC(=O)CN(CC(=O)CCCCCCC(N)=O)CC(=O)CCCO[C@@H]2O[C@@H](C)[C@@H](O)[C@@H](O)[C@@H]2O)[C@@H](O)[C@H](O)[C@@H]1O. The molecule has 20 atom stereocenters. The number of ether oxygens (including phenoxy) is 6. The van der Waals surface area contributed by atoms with Gasteiger partial charge in [0, 0.05) is 45.2 Å². The third-order valence-corrected chi connectivity index (χ3v) is 17.7. The van der Waals surface area contributed by atoms with Crippen LogP contribution < -0.4 is 32.3 Å². The van der Waals surface area contributed by atoms with E-state index in [0.29, 0.717) is 64.6 Å². The Balaban J connectivity index is 0.000000429. The number of rotatable bonds is 44. The number of Topliss-reactive ketones (excluding diaryl/α,β-unsaturated/α-hetero) is 4. The predicted molar refractivity (Wildman–Crippen MR) is 374 cm³/mol. The first-order valence-corrected chi connectivity index (χ1v) is 36.5. The van der Waals surface area contributed by atoms with Gasteiger partial charge in [-0.05, 0) is 87.1 Å². The van der Waals surface area contributed by atoms with E-state index >= 15 is 0 Å². The van der Waals surface area contributed by atoms with Gasteiger partial charge in [-0.1, -0.05) is 29.7 Å². The molecule has 41 heteroatoms. The van der Waals surface area contributed by atoms with Crippen molar-refractivity contribution in [2.45, 2.75) is 267 Å². The lowest BCUT2D eigenvalue weighted by Crippen LogP contribution is -2.57. The smallest absolute Gasteiger partial charge is 0.234 e. The normalized spacial score (nSPS) is 28.3. The number of carbonyl (C=O) groups is 9. The van der Waals surface area contributed by atoms with Crippen molar-refractivity contribution in [1.82, 2.24) is 66.4 Å². The Hall–Kier alpha value is -6.53. The average Bonchev–Trinajstić information content (AvgIpc) is 1.47. The van der Waals surface area contributed by atoms with Crippen LogP contribution in [0.15, 0.2) is 12.4 Å². The van der Waals surface area contributed by atoms with Crippen LogP contribution in [-0.4, -0.2) is 343 Å². The Morgan fingerprint density at radius 1 is 0.444 bits per heavy atom. The molecule has 2 aromatic rings. The minimum Gasteiger partial charge on any atom is -0.388 e. The van der Waals surface area contributed by atoms with E-state index in [1.807, 2.05) is 6.92 Å². The van der Waals surface area contributed by atoms with Gasteiger partial charge in [-0.3, -0.25) is 53.0 Å². The molecule has 0 unspecified atom stereocenters. The van der Waals surface area contributed by atoms with Crippen molar-refractivity contribution >= 4 is 52.7 Å².